The maximum Gasteiger partial charge on any atom is 0.347 e. The van der Waals surface area contributed by atoms with Crippen LogP contribution in [0.25, 0.3) is 0 Å². The number of hydrogen-bond acceptors (Lipinski definition) is 4. The first kappa shape index (κ1) is 14.6. The number of aromatic carboxylic acids is 1. The molecule has 0 spiro atoms. The molecule has 0 radical (unpaired) electrons. The van der Waals surface area contributed by atoms with E-state index in [9.17, 15) is 9.59 Å². The molecular formula is C12H18N2O3S. The average molecular weight is 270 g/mol. The van der Waals surface area contributed by atoms with E-state index >= 15 is 0 Å². The van der Waals surface area contributed by atoms with Gasteiger partial charge in [0.15, 0.2) is 0 Å². The Balaban J connectivity index is 2.75. The number of carbonyl (C=O) groups is 2. The second kappa shape index (κ2) is 7.10. The van der Waals surface area contributed by atoms with E-state index in [-0.39, 0.29) is 17.2 Å². The number of rotatable bonds is 7. The van der Waals surface area contributed by atoms with Crippen molar-refractivity contribution in [3.63, 3.8) is 0 Å². The molecule has 0 aliphatic carbocycles. The second-order valence-corrected chi connectivity index (χ2v) is 5.05. The molecule has 0 aliphatic rings. The summed E-state index contributed by atoms with van der Waals surface area (Å²) in [5.74, 6) is -1.07. The van der Waals surface area contributed by atoms with Crippen LogP contribution in [0.1, 0.15) is 47.1 Å². The van der Waals surface area contributed by atoms with Crippen LogP contribution in [-0.2, 0) is 17.6 Å². The Bertz CT molecular complexity index is 429. The fourth-order valence-corrected chi connectivity index (χ4v) is 2.46. The molecule has 1 heterocycles. The minimum atomic E-state index is -0.962. The Labute approximate surface area is 110 Å². The van der Waals surface area contributed by atoms with E-state index in [0.717, 1.165) is 24.2 Å². The van der Waals surface area contributed by atoms with Crippen LogP contribution in [0.5, 0.6) is 0 Å². The highest BCUT2D eigenvalue weighted by Crippen LogP contribution is 2.20. The Kier molecular flexibility index (Phi) is 5.77. The fraction of sp³-hybridized carbons (Fsp3) is 0.583. The van der Waals surface area contributed by atoms with Crippen molar-refractivity contribution in [1.82, 2.24) is 10.3 Å². The number of nitrogens with one attached hydrogen (secondary N) is 1. The van der Waals surface area contributed by atoms with Crippen molar-refractivity contribution < 1.29 is 14.7 Å². The molecule has 1 rings (SSSR count). The van der Waals surface area contributed by atoms with Crippen LogP contribution < -0.4 is 5.32 Å². The topological polar surface area (TPSA) is 79.3 Å². The highest BCUT2D eigenvalue weighted by atomic mass is 32.1. The molecular weight excluding hydrogens is 252 g/mol. The molecule has 0 saturated carbocycles. The SMILES string of the molecule is CCCNC(=O)Cc1nc(CCC)c(C(=O)O)s1. The van der Waals surface area contributed by atoms with Crippen LogP contribution in [-0.4, -0.2) is 28.5 Å². The summed E-state index contributed by atoms with van der Waals surface area (Å²) in [6.45, 7) is 4.59. The van der Waals surface area contributed by atoms with Gasteiger partial charge in [0, 0.05) is 6.54 Å². The molecule has 0 aliphatic heterocycles. The standard InChI is InChI=1S/C12H18N2O3S/c1-3-5-8-11(12(16)17)18-10(14-8)7-9(15)13-6-4-2/h3-7H2,1-2H3,(H,13,15)(H,16,17). The minimum absolute atomic E-state index is 0.106. The molecule has 5 nitrogen and oxygen atoms in total. The first-order valence-corrected chi connectivity index (χ1v) is 6.88. The monoisotopic (exact) mass is 270 g/mol. The Morgan fingerprint density at radius 3 is 2.61 bits per heavy atom. The largest absolute Gasteiger partial charge is 0.477 e. The summed E-state index contributed by atoms with van der Waals surface area (Å²) in [6, 6.07) is 0. The summed E-state index contributed by atoms with van der Waals surface area (Å²) >= 11 is 1.10. The third-order valence-corrected chi connectivity index (χ3v) is 3.39. The molecule has 0 unspecified atom stereocenters. The van der Waals surface area contributed by atoms with Crippen LogP contribution in [0.3, 0.4) is 0 Å². The van der Waals surface area contributed by atoms with E-state index in [1.807, 2.05) is 13.8 Å². The van der Waals surface area contributed by atoms with E-state index in [4.69, 9.17) is 5.11 Å². The minimum Gasteiger partial charge on any atom is -0.477 e. The van der Waals surface area contributed by atoms with E-state index < -0.39 is 5.97 Å². The van der Waals surface area contributed by atoms with Crippen molar-refractivity contribution >= 4 is 23.2 Å². The smallest absolute Gasteiger partial charge is 0.347 e. The van der Waals surface area contributed by atoms with Crippen molar-refractivity contribution in [2.24, 2.45) is 0 Å². The van der Waals surface area contributed by atoms with Gasteiger partial charge in [-0.3, -0.25) is 4.79 Å². The number of carboxylic acids is 1. The van der Waals surface area contributed by atoms with Crippen LogP contribution in [0.15, 0.2) is 0 Å². The van der Waals surface area contributed by atoms with Gasteiger partial charge in [0.1, 0.15) is 9.88 Å². The van der Waals surface area contributed by atoms with Crippen LogP contribution in [0.2, 0.25) is 0 Å². The van der Waals surface area contributed by atoms with Gasteiger partial charge in [-0.25, -0.2) is 9.78 Å². The van der Waals surface area contributed by atoms with Gasteiger partial charge in [-0.05, 0) is 12.8 Å². The predicted molar refractivity (Wildman–Crippen MR) is 70.1 cm³/mol. The zero-order valence-corrected chi connectivity index (χ0v) is 11.5. The lowest BCUT2D eigenvalue weighted by molar-refractivity contribution is -0.120. The zero-order valence-electron chi connectivity index (χ0n) is 10.7. The third kappa shape index (κ3) is 4.10. The van der Waals surface area contributed by atoms with Crippen molar-refractivity contribution in [1.29, 1.82) is 0 Å². The third-order valence-electron chi connectivity index (χ3n) is 2.31. The molecule has 0 fully saturated rings. The lowest BCUT2D eigenvalue weighted by Crippen LogP contribution is -2.25. The van der Waals surface area contributed by atoms with Crippen LogP contribution in [0.4, 0.5) is 0 Å². The first-order chi connectivity index (χ1) is 8.58. The molecule has 6 heteroatoms. The average Bonchev–Trinajstić information content (AvgIpc) is 2.70. The number of aromatic nitrogens is 1. The zero-order chi connectivity index (χ0) is 13.5. The van der Waals surface area contributed by atoms with Gasteiger partial charge in [0.25, 0.3) is 0 Å². The van der Waals surface area contributed by atoms with Crippen molar-refractivity contribution in [2.45, 2.75) is 39.5 Å². The molecule has 1 aromatic rings. The molecule has 2 N–H and O–H groups in total. The van der Waals surface area contributed by atoms with Gasteiger partial charge in [-0.1, -0.05) is 20.3 Å². The molecule has 18 heavy (non-hydrogen) atoms. The first-order valence-electron chi connectivity index (χ1n) is 6.07. The summed E-state index contributed by atoms with van der Waals surface area (Å²) in [4.78, 5) is 27.1. The van der Waals surface area contributed by atoms with Crippen LogP contribution in [0, 0.1) is 0 Å². The quantitative estimate of drug-likeness (QED) is 0.792. The lowest BCUT2D eigenvalue weighted by atomic mass is 10.2. The maximum atomic E-state index is 11.5. The summed E-state index contributed by atoms with van der Waals surface area (Å²) in [6.07, 6.45) is 2.51. The highest BCUT2D eigenvalue weighted by Gasteiger charge is 2.17. The molecule has 0 aromatic carbocycles. The number of amides is 1. The van der Waals surface area contributed by atoms with Crippen molar-refractivity contribution in [2.75, 3.05) is 6.54 Å². The number of thiazole rings is 1. The van der Waals surface area contributed by atoms with E-state index in [1.54, 1.807) is 0 Å². The number of carbonyl (C=O) groups excluding carboxylic acids is 1. The molecule has 100 valence electrons. The molecule has 0 saturated heterocycles. The van der Waals surface area contributed by atoms with Gasteiger partial charge >= 0.3 is 5.97 Å². The van der Waals surface area contributed by atoms with Gasteiger partial charge in [0.2, 0.25) is 5.91 Å². The number of hydrogen-bond donors (Lipinski definition) is 2. The molecule has 0 bridgehead atoms. The number of aryl methyl sites for hydroxylation is 1. The predicted octanol–water partition coefficient (Wildman–Crippen LogP) is 1.86. The van der Waals surface area contributed by atoms with Gasteiger partial charge in [-0.2, -0.15) is 0 Å². The van der Waals surface area contributed by atoms with E-state index in [1.165, 1.54) is 0 Å². The van der Waals surface area contributed by atoms with E-state index in [2.05, 4.69) is 10.3 Å². The maximum absolute atomic E-state index is 11.5. The van der Waals surface area contributed by atoms with Gasteiger partial charge in [0.05, 0.1) is 12.1 Å². The Morgan fingerprint density at radius 2 is 2.06 bits per heavy atom. The second-order valence-electron chi connectivity index (χ2n) is 3.97. The Morgan fingerprint density at radius 1 is 1.33 bits per heavy atom. The van der Waals surface area contributed by atoms with Gasteiger partial charge in [-0.15, -0.1) is 11.3 Å². The normalized spacial score (nSPS) is 10.3. The highest BCUT2D eigenvalue weighted by molar-refractivity contribution is 7.13. The summed E-state index contributed by atoms with van der Waals surface area (Å²) in [7, 11) is 0. The lowest BCUT2D eigenvalue weighted by Gasteiger charge is -2.00. The molecule has 1 amide bonds. The number of carboxylic acid groups (broad SMARTS) is 1. The summed E-state index contributed by atoms with van der Waals surface area (Å²) in [5.41, 5.74) is 0.591. The van der Waals surface area contributed by atoms with Gasteiger partial charge < -0.3 is 10.4 Å². The van der Waals surface area contributed by atoms with Crippen molar-refractivity contribution in [3.8, 4) is 0 Å². The van der Waals surface area contributed by atoms with E-state index in [0.29, 0.717) is 23.7 Å². The van der Waals surface area contributed by atoms with Crippen LogP contribution >= 0.6 is 11.3 Å². The molecule has 1 aromatic heterocycles. The summed E-state index contributed by atoms with van der Waals surface area (Å²) in [5, 5.41) is 12.4. The van der Waals surface area contributed by atoms with Crippen molar-refractivity contribution in [3.05, 3.63) is 15.6 Å². The Hall–Kier alpha value is -1.43. The fourth-order valence-electron chi connectivity index (χ4n) is 1.51. The summed E-state index contributed by atoms with van der Waals surface area (Å²) < 4.78 is 0. The number of nitrogens with zero attached hydrogens (tertiary/aromatic N) is 1. The molecule has 0 atom stereocenters.